The quantitative estimate of drug-likeness (QED) is 0.142. The van der Waals surface area contributed by atoms with Gasteiger partial charge in [-0.25, -0.2) is 0 Å². The minimum absolute atomic E-state index is 1.20. The van der Waals surface area contributed by atoms with E-state index < -0.39 is 0 Å². The molecule has 0 unspecified atom stereocenters. The van der Waals surface area contributed by atoms with E-state index in [2.05, 4.69) is 340 Å². The van der Waals surface area contributed by atoms with Crippen LogP contribution in [-0.2, 0) is 0 Å². The van der Waals surface area contributed by atoms with Crippen LogP contribution in [0.3, 0.4) is 0 Å². The maximum atomic E-state index is 2.23. The molecule has 28 bridgehead atoms. The van der Waals surface area contributed by atoms with Gasteiger partial charge in [0, 0.05) is 0 Å². The molecular weight excluding hydrogens is 1010 g/mol. The Morgan fingerprint density at radius 2 is 0.0714 bits per heavy atom. The van der Waals surface area contributed by atoms with E-state index >= 15 is 0 Å². The number of rotatable bonds is 0. The SMILES string of the molecule is c1cc2ccc1-c1ccc(cc1)-c1ccc(cc1)-c1ccc(cc1)-c1ccc(cc1)-c1ccc(cc1)-c1ccc(cc1)-c1ccc(cc1)-c1ccc(cc1)-c1ccc(cc1)-c1ccc(cc1)-c1ccc(cc1)-c1ccc(cc1)-c1ccc-2cc1. The van der Waals surface area contributed by atoms with Gasteiger partial charge in [0.05, 0.1) is 0 Å². The van der Waals surface area contributed by atoms with Gasteiger partial charge in [0.15, 0.2) is 0 Å². The highest BCUT2D eigenvalue weighted by atomic mass is 14.2. The first-order valence-electron chi connectivity index (χ1n) is 29.0. The standard InChI is InChI=1S/C84H56/c1-2-58-4-3-57(1)59-5-7-61(8-6-59)63-13-15-65(16-14-63)67-21-23-69(24-22-67)71-29-31-73(32-30-71)75-37-39-77(40-38-75)79-45-47-81(48-46-79)83-53-55-84(56-54-83)82-51-49-80(50-52-82)78-43-41-76(42-44-78)74-35-33-72(34-36-74)70-27-25-68(26-28-70)66-19-17-64(18-20-66)62-11-9-60(58)10-12-62/h1-56H. The maximum absolute atomic E-state index is 2.23. The second-order valence-corrected chi connectivity index (χ2v) is 22.1. The summed E-state index contributed by atoms with van der Waals surface area (Å²) in [7, 11) is 0. The van der Waals surface area contributed by atoms with Crippen LogP contribution in [0, 0.1) is 0 Å². The lowest BCUT2D eigenvalue weighted by molar-refractivity contribution is 1.55. The van der Waals surface area contributed by atoms with Gasteiger partial charge in [-0.2, -0.15) is 0 Å². The Bertz CT molecular complexity index is 3100. The highest BCUT2D eigenvalue weighted by molar-refractivity contribution is 5.82. The average molecular weight is 1070 g/mol. The van der Waals surface area contributed by atoms with Crippen LogP contribution < -0.4 is 0 Å². The van der Waals surface area contributed by atoms with Gasteiger partial charge in [-0.05, 0) is 156 Å². The molecule has 0 nitrogen and oxygen atoms in total. The first-order chi connectivity index (χ1) is 41.5. The number of hydrogen-bond donors (Lipinski definition) is 0. The van der Waals surface area contributed by atoms with Crippen LogP contribution in [0.4, 0.5) is 0 Å². The molecular formula is C84H56. The van der Waals surface area contributed by atoms with Gasteiger partial charge < -0.3 is 0 Å². The van der Waals surface area contributed by atoms with Gasteiger partial charge >= 0.3 is 0 Å². The zero-order valence-corrected chi connectivity index (χ0v) is 46.3. The van der Waals surface area contributed by atoms with Crippen molar-refractivity contribution in [3.63, 3.8) is 0 Å². The molecule has 0 heteroatoms. The van der Waals surface area contributed by atoms with Crippen molar-refractivity contribution in [2.75, 3.05) is 0 Å². The summed E-state index contributed by atoms with van der Waals surface area (Å²) in [5.74, 6) is 0. The van der Waals surface area contributed by atoms with Crippen LogP contribution in [0.25, 0.3) is 156 Å². The van der Waals surface area contributed by atoms with Gasteiger partial charge in [-0.15, -0.1) is 0 Å². The Labute approximate surface area is 492 Å². The Balaban J connectivity index is 0.679. The van der Waals surface area contributed by atoms with Crippen LogP contribution in [0.15, 0.2) is 340 Å². The highest BCUT2D eigenvalue weighted by Gasteiger charge is 2.11. The third-order valence-corrected chi connectivity index (χ3v) is 17.1. The van der Waals surface area contributed by atoms with Crippen molar-refractivity contribution in [3.05, 3.63) is 340 Å². The minimum Gasteiger partial charge on any atom is -0.0538 e. The number of benzene rings is 14. The maximum Gasteiger partial charge on any atom is -0.0184 e. The van der Waals surface area contributed by atoms with E-state index in [1.54, 1.807) is 0 Å². The topological polar surface area (TPSA) is 0 Å². The predicted octanol–water partition coefficient (Wildman–Crippen LogP) is 23.3. The van der Waals surface area contributed by atoms with Gasteiger partial charge in [-0.3, -0.25) is 0 Å². The van der Waals surface area contributed by atoms with Gasteiger partial charge in [0.1, 0.15) is 0 Å². The van der Waals surface area contributed by atoms with Crippen LogP contribution >= 0.6 is 0 Å². The second kappa shape index (κ2) is 21.9. The van der Waals surface area contributed by atoms with E-state index in [-0.39, 0.29) is 0 Å². The van der Waals surface area contributed by atoms with Crippen molar-refractivity contribution in [1.29, 1.82) is 0 Å². The smallest absolute Gasteiger partial charge is 0.0184 e. The van der Waals surface area contributed by atoms with Crippen molar-refractivity contribution in [2.45, 2.75) is 0 Å². The molecule has 0 heterocycles. The van der Waals surface area contributed by atoms with E-state index in [1.807, 2.05) is 0 Å². The molecule has 0 atom stereocenters. The molecule has 0 aromatic heterocycles. The summed E-state index contributed by atoms with van der Waals surface area (Å²) >= 11 is 0. The van der Waals surface area contributed by atoms with Gasteiger partial charge in [-0.1, -0.05) is 340 Å². The number of hydrogen-bond acceptors (Lipinski definition) is 0. The fraction of sp³-hybridized carbons (Fsp3) is 0. The molecule has 40 aliphatic rings. The summed E-state index contributed by atoms with van der Waals surface area (Å²) < 4.78 is 0. The van der Waals surface area contributed by atoms with E-state index in [0.717, 1.165) is 0 Å². The lowest BCUT2D eigenvalue weighted by Gasteiger charge is -2.10. The van der Waals surface area contributed by atoms with Crippen molar-refractivity contribution < 1.29 is 0 Å². The molecule has 84 heavy (non-hydrogen) atoms. The molecule has 0 radical (unpaired) electrons. The monoisotopic (exact) mass is 1060 g/mol. The largest absolute Gasteiger partial charge is 0.0538 e. The summed E-state index contributed by atoms with van der Waals surface area (Å²) in [5.41, 5.74) is 33.7. The van der Waals surface area contributed by atoms with Gasteiger partial charge in [0.2, 0.25) is 0 Å². The van der Waals surface area contributed by atoms with E-state index in [1.165, 1.54) is 156 Å². The van der Waals surface area contributed by atoms with Gasteiger partial charge in [0.25, 0.3) is 0 Å². The molecule has 0 spiro atoms. The molecule has 0 N–H and O–H groups in total. The van der Waals surface area contributed by atoms with Crippen molar-refractivity contribution in [1.82, 2.24) is 0 Å². The summed E-state index contributed by atoms with van der Waals surface area (Å²) in [6.45, 7) is 0. The summed E-state index contributed by atoms with van der Waals surface area (Å²) in [5, 5.41) is 0. The molecule has 392 valence electrons. The minimum atomic E-state index is 1.20. The highest BCUT2D eigenvalue weighted by Crippen LogP contribution is 2.36. The second-order valence-electron chi connectivity index (χ2n) is 22.1. The zero-order valence-electron chi connectivity index (χ0n) is 46.3. The van der Waals surface area contributed by atoms with E-state index in [4.69, 9.17) is 0 Å². The molecule has 14 aromatic rings. The first kappa shape index (κ1) is 50.1. The Kier molecular flexibility index (Phi) is 13.0. The average Bonchev–Trinajstić information content (AvgIpc) is 3.72. The fourth-order valence-electron chi connectivity index (χ4n) is 12.0. The fourth-order valence-corrected chi connectivity index (χ4v) is 12.0. The Hall–Kier alpha value is -10.9. The van der Waals surface area contributed by atoms with Crippen LogP contribution in [0.1, 0.15) is 0 Å². The first-order valence-corrected chi connectivity index (χ1v) is 29.0. The van der Waals surface area contributed by atoms with Crippen molar-refractivity contribution in [3.8, 4) is 156 Å². The predicted molar refractivity (Wildman–Crippen MR) is 356 cm³/mol. The lowest BCUT2D eigenvalue weighted by atomic mass is 9.95. The summed E-state index contributed by atoms with van der Waals surface area (Å²) in [6, 6.07) is 125. The molecule has 54 rings (SSSR count). The van der Waals surface area contributed by atoms with Crippen molar-refractivity contribution >= 4 is 0 Å². The van der Waals surface area contributed by atoms with Crippen LogP contribution in [0.5, 0.6) is 0 Å². The Morgan fingerprint density at radius 1 is 0.0476 bits per heavy atom. The van der Waals surface area contributed by atoms with E-state index in [0.29, 0.717) is 0 Å². The van der Waals surface area contributed by atoms with Crippen LogP contribution in [0.2, 0.25) is 0 Å². The third kappa shape index (κ3) is 10.2. The molecule has 0 saturated carbocycles. The molecule has 0 aliphatic heterocycles. The molecule has 14 aromatic carbocycles. The van der Waals surface area contributed by atoms with E-state index in [9.17, 15) is 0 Å². The molecule has 40 aliphatic carbocycles. The zero-order chi connectivity index (χ0) is 55.8. The normalized spacial score (nSPS) is 11.3. The summed E-state index contributed by atoms with van der Waals surface area (Å²) in [6.07, 6.45) is 0. The lowest BCUT2D eigenvalue weighted by Crippen LogP contribution is -1.85. The third-order valence-electron chi connectivity index (χ3n) is 17.1. The Morgan fingerprint density at radius 3 is 0.0952 bits per heavy atom. The summed E-state index contributed by atoms with van der Waals surface area (Å²) in [4.78, 5) is 0. The molecule has 0 fully saturated rings. The molecule has 0 saturated heterocycles. The molecule has 0 amide bonds. The van der Waals surface area contributed by atoms with Crippen LogP contribution in [-0.4, -0.2) is 0 Å². The van der Waals surface area contributed by atoms with Crippen molar-refractivity contribution in [2.24, 2.45) is 0 Å².